The minimum Gasteiger partial charge on any atom is -0.375 e. The van der Waals surface area contributed by atoms with Crippen molar-refractivity contribution in [2.45, 2.75) is 44.2 Å². The van der Waals surface area contributed by atoms with E-state index in [0.717, 1.165) is 12.5 Å². The van der Waals surface area contributed by atoms with Crippen molar-refractivity contribution in [2.75, 3.05) is 36.7 Å². The molecule has 2 rings (SSSR count). The van der Waals surface area contributed by atoms with Crippen LogP contribution in [0.2, 0.25) is 0 Å². The molecule has 0 aliphatic carbocycles. The Morgan fingerprint density at radius 2 is 2.22 bits per heavy atom. The molecular formula is C14H27NOS2. The first kappa shape index (κ1) is 15.0. The van der Waals surface area contributed by atoms with E-state index in [4.69, 9.17) is 4.74 Å². The normalized spacial score (nSPS) is 29.3. The maximum Gasteiger partial charge on any atom is 0.0701 e. The van der Waals surface area contributed by atoms with Crippen LogP contribution in [-0.2, 0) is 4.74 Å². The molecule has 2 heterocycles. The molecule has 4 heteroatoms. The summed E-state index contributed by atoms with van der Waals surface area (Å²) in [6.45, 7) is 3.23. The number of ether oxygens (including phenoxy) is 1. The predicted molar refractivity (Wildman–Crippen MR) is 83.8 cm³/mol. The largest absolute Gasteiger partial charge is 0.375 e. The van der Waals surface area contributed by atoms with Gasteiger partial charge in [-0.2, -0.15) is 23.5 Å². The van der Waals surface area contributed by atoms with Crippen LogP contribution in [0.3, 0.4) is 0 Å². The summed E-state index contributed by atoms with van der Waals surface area (Å²) in [4.78, 5) is 0. The molecule has 106 valence electrons. The minimum absolute atomic E-state index is 0.236. The van der Waals surface area contributed by atoms with E-state index in [-0.39, 0.29) is 5.60 Å². The molecule has 0 aromatic rings. The Labute approximate surface area is 120 Å². The highest BCUT2D eigenvalue weighted by molar-refractivity contribution is 7.99. The summed E-state index contributed by atoms with van der Waals surface area (Å²) in [5.41, 5.74) is 0.236. The van der Waals surface area contributed by atoms with Gasteiger partial charge in [-0.1, -0.05) is 6.92 Å². The molecule has 0 aromatic heterocycles. The Kier molecular flexibility index (Phi) is 6.19. The Morgan fingerprint density at radius 3 is 2.89 bits per heavy atom. The van der Waals surface area contributed by atoms with Gasteiger partial charge in [0.15, 0.2) is 0 Å². The third-order valence-corrected chi connectivity index (χ3v) is 6.37. The van der Waals surface area contributed by atoms with Gasteiger partial charge in [-0.3, -0.25) is 0 Å². The second kappa shape index (κ2) is 7.41. The van der Waals surface area contributed by atoms with E-state index in [0.29, 0.717) is 6.04 Å². The van der Waals surface area contributed by atoms with Crippen molar-refractivity contribution in [3.05, 3.63) is 0 Å². The third-order valence-electron chi connectivity index (χ3n) is 4.38. The van der Waals surface area contributed by atoms with Crippen LogP contribution in [-0.4, -0.2) is 48.3 Å². The molecule has 0 saturated carbocycles. The molecule has 18 heavy (non-hydrogen) atoms. The lowest BCUT2D eigenvalue weighted by Gasteiger charge is -2.45. The fraction of sp³-hybridized carbons (Fsp3) is 1.00. The molecule has 2 unspecified atom stereocenters. The fourth-order valence-electron chi connectivity index (χ4n) is 3.20. The Balaban J connectivity index is 1.91. The fourth-order valence-corrected chi connectivity index (χ4v) is 5.37. The van der Waals surface area contributed by atoms with Crippen LogP contribution in [0.25, 0.3) is 0 Å². The highest BCUT2D eigenvalue weighted by Crippen LogP contribution is 2.40. The van der Waals surface area contributed by atoms with E-state index in [2.05, 4.69) is 42.8 Å². The van der Waals surface area contributed by atoms with Crippen LogP contribution in [0.5, 0.6) is 0 Å². The number of thioether (sulfide) groups is 2. The summed E-state index contributed by atoms with van der Waals surface area (Å²) in [5, 5.41) is 3.55. The molecule has 0 radical (unpaired) electrons. The number of nitrogens with one attached hydrogen (secondary N) is 1. The van der Waals surface area contributed by atoms with Crippen molar-refractivity contribution in [3.8, 4) is 0 Å². The average molecular weight is 290 g/mol. The van der Waals surface area contributed by atoms with Crippen molar-refractivity contribution in [3.63, 3.8) is 0 Å². The lowest BCUT2D eigenvalue weighted by atomic mass is 9.79. The molecule has 2 nitrogen and oxygen atoms in total. The maximum absolute atomic E-state index is 6.19. The number of rotatable bonds is 5. The lowest BCUT2D eigenvalue weighted by Crippen LogP contribution is -2.48. The molecular weight excluding hydrogens is 262 g/mol. The predicted octanol–water partition coefficient (Wildman–Crippen LogP) is 3.02. The Morgan fingerprint density at radius 1 is 1.44 bits per heavy atom. The van der Waals surface area contributed by atoms with Gasteiger partial charge in [0.1, 0.15) is 0 Å². The first-order valence-corrected chi connectivity index (χ1v) is 9.57. The molecule has 0 amide bonds. The Hall–Kier alpha value is 0.620. The van der Waals surface area contributed by atoms with Crippen LogP contribution in [0.1, 0.15) is 32.6 Å². The Bertz CT molecular complexity index is 238. The summed E-state index contributed by atoms with van der Waals surface area (Å²) < 4.78 is 6.19. The molecule has 2 saturated heterocycles. The standard InChI is InChI=1S/C14H27NOS2/c1-3-17-11-13(15-2)12-4-7-16-14(10-12)5-8-18-9-6-14/h12-13,15H,3-11H2,1-2H3. The van der Waals surface area contributed by atoms with Crippen molar-refractivity contribution in [1.82, 2.24) is 5.32 Å². The van der Waals surface area contributed by atoms with E-state index < -0.39 is 0 Å². The van der Waals surface area contributed by atoms with Crippen LogP contribution in [0.4, 0.5) is 0 Å². The lowest BCUT2D eigenvalue weighted by molar-refractivity contribution is -0.105. The molecule has 2 aliphatic heterocycles. The monoisotopic (exact) mass is 289 g/mol. The van der Waals surface area contributed by atoms with Gasteiger partial charge < -0.3 is 10.1 Å². The van der Waals surface area contributed by atoms with E-state index in [1.807, 2.05) is 0 Å². The van der Waals surface area contributed by atoms with Crippen LogP contribution in [0.15, 0.2) is 0 Å². The summed E-state index contributed by atoms with van der Waals surface area (Å²) in [6, 6.07) is 0.672. The maximum atomic E-state index is 6.19. The zero-order valence-electron chi connectivity index (χ0n) is 11.7. The average Bonchev–Trinajstić information content (AvgIpc) is 2.41. The molecule has 0 aromatic carbocycles. The van der Waals surface area contributed by atoms with Gasteiger partial charge in [-0.15, -0.1) is 0 Å². The van der Waals surface area contributed by atoms with Crippen molar-refractivity contribution < 1.29 is 4.74 Å². The molecule has 1 N–H and O–H groups in total. The quantitative estimate of drug-likeness (QED) is 0.839. The molecule has 2 fully saturated rings. The zero-order chi connectivity index (χ0) is 12.8. The van der Waals surface area contributed by atoms with Gasteiger partial charge in [-0.05, 0) is 55.9 Å². The molecule has 1 spiro atoms. The first-order chi connectivity index (χ1) is 8.79. The minimum atomic E-state index is 0.236. The highest BCUT2D eigenvalue weighted by Gasteiger charge is 2.40. The van der Waals surface area contributed by atoms with Crippen LogP contribution >= 0.6 is 23.5 Å². The van der Waals surface area contributed by atoms with Gasteiger partial charge in [-0.25, -0.2) is 0 Å². The molecule has 2 atom stereocenters. The van der Waals surface area contributed by atoms with Crippen LogP contribution in [0, 0.1) is 5.92 Å². The SMILES string of the molecule is CCSCC(NC)C1CCOC2(CCSCC2)C1. The van der Waals surface area contributed by atoms with E-state index in [1.54, 1.807) is 0 Å². The van der Waals surface area contributed by atoms with Gasteiger partial charge >= 0.3 is 0 Å². The second-order valence-electron chi connectivity index (χ2n) is 5.45. The molecule has 0 bridgehead atoms. The van der Waals surface area contributed by atoms with Gasteiger partial charge in [0.25, 0.3) is 0 Å². The summed E-state index contributed by atoms with van der Waals surface area (Å²) >= 11 is 4.15. The van der Waals surface area contributed by atoms with E-state index in [1.165, 1.54) is 48.7 Å². The highest BCUT2D eigenvalue weighted by atomic mass is 32.2. The van der Waals surface area contributed by atoms with Gasteiger partial charge in [0.2, 0.25) is 0 Å². The van der Waals surface area contributed by atoms with Crippen molar-refractivity contribution in [2.24, 2.45) is 5.92 Å². The third kappa shape index (κ3) is 3.81. The molecule has 2 aliphatic rings. The summed E-state index contributed by atoms with van der Waals surface area (Å²) in [6.07, 6.45) is 5.06. The van der Waals surface area contributed by atoms with Gasteiger partial charge in [0, 0.05) is 18.4 Å². The zero-order valence-corrected chi connectivity index (χ0v) is 13.4. The van der Waals surface area contributed by atoms with E-state index in [9.17, 15) is 0 Å². The smallest absolute Gasteiger partial charge is 0.0701 e. The summed E-state index contributed by atoms with van der Waals surface area (Å²) in [5.74, 6) is 5.87. The first-order valence-electron chi connectivity index (χ1n) is 7.26. The van der Waals surface area contributed by atoms with E-state index >= 15 is 0 Å². The van der Waals surface area contributed by atoms with Crippen LogP contribution < -0.4 is 5.32 Å². The second-order valence-corrected chi connectivity index (χ2v) is 8.00. The number of hydrogen-bond acceptors (Lipinski definition) is 4. The summed E-state index contributed by atoms with van der Waals surface area (Å²) in [7, 11) is 2.12. The van der Waals surface area contributed by atoms with Crippen molar-refractivity contribution >= 4 is 23.5 Å². The van der Waals surface area contributed by atoms with Crippen molar-refractivity contribution in [1.29, 1.82) is 0 Å². The topological polar surface area (TPSA) is 21.3 Å². The number of hydrogen-bond donors (Lipinski definition) is 1. The van der Waals surface area contributed by atoms with Gasteiger partial charge in [0.05, 0.1) is 5.60 Å².